The van der Waals surface area contributed by atoms with Crippen LogP contribution in [0.4, 0.5) is 4.39 Å². The van der Waals surface area contributed by atoms with Gasteiger partial charge in [-0.15, -0.1) is 5.10 Å². The Morgan fingerprint density at radius 3 is 2.55 bits per heavy atom. The minimum atomic E-state index is -0.231. The lowest BCUT2D eigenvalue weighted by atomic mass is 10.2. The molecule has 0 aliphatic heterocycles. The van der Waals surface area contributed by atoms with E-state index in [9.17, 15) is 4.39 Å². The first-order valence-corrected chi connectivity index (χ1v) is 7.79. The number of benzene rings is 2. The van der Waals surface area contributed by atoms with E-state index >= 15 is 0 Å². The van der Waals surface area contributed by atoms with E-state index in [1.165, 1.54) is 12.1 Å². The molecule has 0 spiro atoms. The Balaban J connectivity index is 1.87. The molecular formula is C16H15FN4S. The molecule has 0 radical (unpaired) electrons. The van der Waals surface area contributed by atoms with E-state index in [2.05, 4.69) is 22.4 Å². The van der Waals surface area contributed by atoms with Gasteiger partial charge in [0.1, 0.15) is 5.82 Å². The molecule has 0 unspecified atom stereocenters. The summed E-state index contributed by atoms with van der Waals surface area (Å²) in [6, 6.07) is 14.5. The highest BCUT2D eigenvalue weighted by Crippen LogP contribution is 2.34. The third-order valence-corrected chi connectivity index (χ3v) is 4.50. The van der Waals surface area contributed by atoms with Gasteiger partial charge in [-0.3, -0.25) is 0 Å². The maximum absolute atomic E-state index is 13.0. The Bertz CT molecular complexity index is 770. The van der Waals surface area contributed by atoms with E-state index in [1.54, 1.807) is 28.6 Å². The van der Waals surface area contributed by atoms with E-state index in [1.807, 2.05) is 31.2 Å². The highest BCUT2D eigenvalue weighted by molar-refractivity contribution is 7.99. The van der Waals surface area contributed by atoms with E-state index in [0.29, 0.717) is 5.16 Å². The molecule has 1 atom stereocenters. The third kappa shape index (κ3) is 3.01. The Morgan fingerprint density at radius 1 is 1.09 bits per heavy atom. The molecule has 4 nitrogen and oxygen atoms in total. The zero-order valence-corrected chi connectivity index (χ0v) is 13.1. The van der Waals surface area contributed by atoms with Gasteiger partial charge in [-0.05, 0) is 53.6 Å². The maximum Gasteiger partial charge on any atom is 0.214 e. The first-order valence-electron chi connectivity index (χ1n) is 6.91. The van der Waals surface area contributed by atoms with Crippen LogP contribution in [0.15, 0.2) is 53.7 Å². The van der Waals surface area contributed by atoms with Crippen LogP contribution in [0.3, 0.4) is 0 Å². The van der Waals surface area contributed by atoms with Crippen LogP contribution < -0.4 is 0 Å². The van der Waals surface area contributed by atoms with Gasteiger partial charge >= 0.3 is 0 Å². The second kappa shape index (κ2) is 6.27. The van der Waals surface area contributed by atoms with Crippen LogP contribution in [0, 0.1) is 12.7 Å². The summed E-state index contributed by atoms with van der Waals surface area (Å²) in [6.45, 7) is 4.07. The van der Waals surface area contributed by atoms with Gasteiger partial charge in [-0.2, -0.15) is 4.68 Å². The molecule has 6 heteroatoms. The monoisotopic (exact) mass is 314 g/mol. The smallest absolute Gasteiger partial charge is 0.207 e. The zero-order valence-electron chi connectivity index (χ0n) is 12.3. The quantitative estimate of drug-likeness (QED) is 0.684. The second-order valence-corrected chi connectivity index (χ2v) is 6.28. The second-order valence-electron chi connectivity index (χ2n) is 4.97. The lowest BCUT2D eigenvalue weighted by Crippen LogP contribution is -2.02. The molecule has 0 fully saturated rings. The molecule has 1 heterocycles. The predicted octanol–water partition coefficient (Wildman–Crippen LogP) is 3.96. The molecule has 1 aromatic heterocycles. The van der Waals surface area contributed by atoms with E-state index in [-0.39, 0.29) is 11.1 Å². The summed E-state index contributed by atoms with van der Waals surface area (Å²) >= 11 is 1.54. The molecule has 0 bridgehead atoms. The van der Waals surface area contributed by atoms with Crippen LogP contribution in [-0.2, 0) is 0 Å². The number of rotatable bonds is 4. The van der Waals surface area contributed by atoms with Crippen molar-refractivity contribution in [2.24, 2.45) is 0 Å². The Kier molecular flexibility index (Phi) is 4.20. The van der Waals surface area contributed by atoms with Crippen molar-refractivity contribution in [1.82, 2.24) is 20.2 Å². The molecule has 0 saturated heterocycles. The molecule has 0 saturated carbocycles. The largest absolute Gasteiger partial charge is 0.214 e. The Hall–Kier alpha value is -2.21. The van der Waals surface area contributed by atoms with Crippen molar-refractivity contribution in [2.75, 3.05) is 0 Å². The van der Waals surface area contributed by atoms with Crippen molar-refractivity contribution < 1.29 is 4.39 Å². The van der Waals surface area contributed by atoms with Gasteiger partial charge in [0.15, 0.2) is 0 Å². The lowest BCUT2D eigenvalue weighted by Gasteiger charge is -2.12. The minimum Gasteiger partial charge on any atom is -0.207 e. The average Bonchev–Trinajstić information content (AvgIpc) is 2.96. The Labute approximate surface area is 132 Å². The van der Waals surface area contributed by atoms with Gasteiger partial charge in [0.2, 0.25) is 5.16 Å². The molecule has 0 N–H and O–H groups in total. The van der Waals surface area contributed by atoms with E-state index in [4.69, 9.17) is 0 Å². The SMILES string of the molecule is Cc1ccccc1-n1nnnc1S[C@H](C)c1ccc(F)cc1. The fraction of sp³-hybridized carbons (Fsp3) is 0.188. The number of halogens is 1. The number of thioether (sulfide) groups is 1. The van der Waals surface area contributed by atoms with Crippen LogP contribution in [0.5, 0.6) is 0 Å². The molecule has 22 heavy (non-hydrogen) atoms. The summed E-state index contributed by atoms with van der Waals surface area (Å²) in [5.41, 5.74) is 3.10. The van der Waals surface area contributed by atoms with Gasteiger partial charge in [-0.1, -0.05) is 42.1 Å². The summed E-state index contributed by atoms with van der Waals surface area (Å²) in [5.74, 6) is -0.231. The van der Waals surface area contributed by atoms with Gasteiger partial charge in [0.25, 0.3) is 0 Å². The number of nitrogens with zero attached hydrogens (tertiary/aromatic N) is 4. The number of hydrogen-bond donors (Lipinski definition) is 0. The van der Waals surface area contributed by atoms with E-state index in [0.717, 1.165) is 16.8 Å². The maximum atomic E-state index is 13.0. The average molecular weight is 314 g/mol. The van der Waals surface area contributed by atoms with Crippen molar-refractivity contribution in [3.05, 3.63) is 65.5 Å². The first kappa shape index (κ1) is 14.7. The van der Waals surface area contributed by atoms with Crippen LogP contribution >= 0.6 is 11.8 Å². The van der Waals surface area contributed by atoms with Crippen molar-refractivity contribution in [3.63, 3.8) is 0 Å². The molecule has 3 rings (SSSR count). The van der Waals surface area contributed by atoms with Gasteiger partial charge in [-0.25, -0.2) is 4.39 Å². The molecule has 112 valence electrons. The molecular weight excluding hydrogens is 299 g/mol. The van der Waals surface area contributed by atoms with Gasteiger partial charge < -0.3 is 0 Å². The van der Waals surface area contributed by atoms with Gasteiger partial charge in [0, 0.05) is 5.25 Å². The van der Waals surface area contributed by atoms with Crippen LogP contribution in [0.2, 0.25) is 0 Å². The summed E-state index contributed by atoms with van der Waals surface area (Å²) in [4.78, 5) is 0. The number of tetrazole rings is 1. The topological polar surface area (TPSA) is 43.6 Å². The summed E-state index contributed by atoms with van der Waals surface area (Å²) < 4.78 is 14.8. The van der Waals surface area contributed by atoms with Crippen molar-refractivity contribution in [2.45, 2.75) is 24.3 Å². The number of aromatic nitrogens is 4. The number of aryl methyl sites for hydroxylation is 1. The fourth-order valence-corrected chi connectivity index (χ4v) is 3.09. The highest BCUT2D eigenvalue weighted by Gasteiger charge is 2.15. The fourth-order valence-electron chi connectivity index (χ4n) is 2.16. The molecule has 3 aromatic rings. The van der Waals surface area contributed by atoms with E-state index < -0.39 is 0 Å². The molecule has 0 aliphatic carbocycles. The Morgan fingerprint density at radius 2 is 1.82 bits per heavy atom. The highest BCUT2D eigenvalue weighted by atomic mass is 32.2. The summed E-state index contributed by atoms with van der Waals surface area (Å²) in [5, 5.41) is 12.8. The number of hydrogen-bond acceptors (Lipinski definition) is 4. The predicted molar refractivity (Wildman–Crippen MR) is 84.6 cm³/mol. The van der Waals surface area contributed by atoms with Crippen LogP contribution in [0.1, 0.15) is 23.3 Å². The third-order valence-electron chi connectivity index (χ3n) is 3.41. The summed E-state index contributed by atoms with van der Waals surface area (Å²) in [6.07, 6.45) is 0. The molecule has 2 aromatic carbocycles. The van der Waals surface area contributed by atoms with Crippen molar-refractivity contribution in [3.8, 4) is 5.69 Å². The molecule has 0 aliphatic rings. The van der Waals surface area contributed by atoms with Crippen molar-refractivity contribution >= 4 is 11.8 Å². The zero-order chi connectivity index (χ0) is 15.5. The van der Waals surface area contributed by atoms with Gasteiger partial charge in [0.05, 0.1) is 5.69 Å². The van der Waals surface area contributed by atoms with Crippen LogP contribution in [-0.4, -0.2) is 20.2 Å². The first-order chi connectivity index (χ1) is 10.6. The van der Waals surface area contributed by atoms with Crippen molar-refractivity contribution in [1.29, 1.82) is 0 Å². The number of para-hydroxylation sites is 1. The normalized spacial score (nSPS) is 12.3. The lowest BCUT2D eigenvalue weighted by molar-refractivity contribution is 0.627. The minimum absolute atomic E-state index is 0.120. The molecule has 0 amide bonds. The van der Waals surface area contributed by atoms with Crippen LogP contribution in [0.25, 0.3) is 5.69 Å². The summed E-state index contributed by atoms with van der Waals surface area (Å²) in [7, 11) is 0. The standard InChI is InChI=1S/C16H15FN4S/c1-11-5-3-4-6-15(11)21-16(18-19-20-21)22-12(2)13-7-9-14(17)10-8-13/h3-10,12H,1-2H3/t12-/m1/s1.